The van der Waals surface area contributed by atoms with Crippen molar-refractivity contribution in [2.45, 2.75) is 38.6 Å². The summed E-state index contributed by atoms with van der Waals surface area (Å²) in [6.45, 7) is 5.51. The third-order valence-corrected chi connectivity index (χ3v) is 3.95. The predicted octanol–water partition coefficient (Wildman–Crippen LogP) is 3.53. The molecule has 0 atom stereocenters. The number of carbonyl (C=O) groups excluding carboxylic acids is 1. The molecule has 0 saturated heterocycles. The Labute approximate surface area is 101 Å². The van der Waals surface area contributed by atoms with E-state index in [0.29, 0.717) is 0 Å². The zero-order valence-corrected chi connectivity index (χ0v) is 10.4. The summed E-state index contributed by atoms with van der Waals surface area (Å²) in [5.41, 5.74) is 3.43. The Morgan fingerprint density at radius 3 is 2.82 bits per heavy atom. The van der Waals surface area contributed by atoms with E-state index < -0.39 is 0 Å². The molecule has 2 heteroatoms. The molecule has 2 aromatic rings. The van der Waals surface area contributed by atoms with Gasteiger partial charge in [-0.05, 0) is 18.9 Å². The molecule has 2 heterocycles. The maximum Gasteiger partial charge on any atom is 0.152 e. The Bertz CT molecular complexity index is 592. The Morgan fingerprint density at radius 1 is 1.29 bits per heavy atom. The summed E-state index contributed by atoms with van der Waals surface area (Å²) >= 11 is 0. The van der Waals surface area contributed by atoms with Crippen LogP contribution in [0.25, 0.3) is 10.9 Å². The van der Waals surface area contributed by atoms with Crippen LogP contribution in [0.15, 0.2) is 24.3 Å². The molecule has 0 spiro atoms. The smallest absolute Gasteiger partial charge is 0.152 e. The topological polar surface area (TPSA) is 22.0 Å². The molecule has 0 amide bonds. The second-order valence-corrected chi connectivity index (χ2v) is 5.54. The maximum absolute atomic E-state index is 11.4. The van der Waals surface area contributed by atoms with Gasteiger partial charge in [-0.15, -0.1) is 0 Å². The summed E-state index contributed by atoms with van der Waals surface area (Å²) in [6, 6.07) is 8.23. The highest BCUT2D eigenvalue weighted by Crippen LogP contribution is 2.39. The highest BCUT2D eigenvalue weighted by molar-refractivity contribution is 6.00. The van der Waals surface area contributed by atoms with Gasteiger partial charge in [-0.1, -0.05) is 32.0 Å². The number of carbonyl (C=O) groups is 1. The summed E-state index contributed by atoms with van der Waals surface area (Å²) in [7, 11) is 0. The number of para-hydroxylation sites is 1. The van der Waals surface area contributed by atoms with Gasteiger partial charge in [-0.3, -0.25) is 4.79 Å². The van der Waals surface area contributed by atoms with Gasteiger partial charge in [-0.25, -0.2) is 0 Å². The molecule has 88 valence electrons. The molecule has 0 fully saturated rings. The van der Waals surface area contributed by atoms with E-state index in [4.69, 9.17) is 0 Å². The van der Waals surface area contributed by atoms with Gasteiger partial charge in [0.1, 0.15) is 0 Å². The van der Waals surface area contributed by atoms with Gasteiger partial charge in [0.15, 0.2) is 6.29 Å². The summed E-state index contributed by atoms with van der Waals surface area (Å²) < 4.78 is 2.34. The van der Waals surface area contributed by atoms with Crippen LogP contribution >= 0.6 is 0 Å². The normalized spacial score (nSPS) is 18.0. The van der Waals surface area contributed by atoms with Crippen molar-refractivity contribution >= 4 is 17.2 Å². The first-order chi connectivity index (χ1) is 8.15. The van der Waals surface area contributed by atoms with E-state index in [1.54, 1.807) is 0 Å². The number of rotatable bonds is 1. The predicted molar refractivity (Wildman–Crippen MR) is 69.6 cm³/mol. The molecule has 17 heavy (non-hydrogen) atoms. The van der Waals surface area contributed by atoms with Crippen molar-refractivity contribution in [2.24, 2.45) is 0 Å². The summed E-state index contributed by atoms with van der Waals surface area (Å²) in [4.78, 5) is 11.4. The lowest BCUT2D eigenvalue weighted by Crippen LogP contribution is -2.28. The van der Waals surface area contributed by atoms with Gasteiger partial charge >= 0.3 is 0 Å². The zero-order valence-electron chi connectivity index (χ0n) is 10.4. The highest BCUT2D eigenvalue weighted by Gasteiger charge is 2.32. The number of benzene rings is 1. The minimum atomic E-state index is 0.105. The molecule has 1 aliphatic rings. The fraction of sp³-hybridized carbons (Fsp3) is 0.400. The van der Waals surface area contributed by atoms with Gasteiger partial charge in [-0.2, -0.15) is 0 Å². The lowest BCUT2D eigenvalue weighted by Gasteiger charge is -2.32. The van der Waals surface area contributed by atoms with Crippen LogP contribution in [0, 0.1) is 0 Å². The van der Waals surface area contributed by atoms with Gasteiger partial charge in [0.2, 0.25) is 0 Å². The van der Waals surface area contributed by atoms with Crippen LogP contribution < -0.4 is 0 Å². The number of aldehydes is 1. The largest absolute Gasteiger partial charge is 0.343 e. The highest BCUT2D eigenvalue weighted by atomic mass is 16.1. The third kappa shape index (κ3) is 1.36. The van der Waals surface area contributed by atoms with E-state index in [9.17, 15) is 4.79 Å². The fourth-order valence-electron chi connectivity index (χ4n) is 3.21. The molecule has 0 saturated carbocycles. The van der Waals surface area contributed by atoms with Crippen molar-refractivity contribution in [3.05, 3.63) is 35.5 Å². The first-order valence-electron chi connectivity index (χ1n) is 6.22. The van der Waals surface area contributed by atoms with Crippen molar-refractivity contribution in [2.75, 3.05) is 0 Å². The van der Waals surface area contributed by atoms with Crippen molar-refractivity contribution < 1.29 is 4.79 Å². The van der Waals surface area contributed by atoms with Crippen molar-refractivity contribution in [3.63, 3.8) is 0 Å². The van der Waals surface area contributed by atoms with Gasteiger partial charge in [0.05, 0.1) is 0 Å². The van der Waals surface area contributed by atoms with E-state index >= 15 is 0 Å². The number of fused-ring (bicyclic) bond motifs is 3. The minimum absolute atomic E-state index is 0.105. The van der Waals surface area contributed by atoms with E-state index in [-0.39, 0.29) is 5.41 Å². The van der Waals surface area contributed by atoms with Crippen molar-refractivity contribution in [1.29, 1.82) is 0 Å². The molecule has 0 aliphatic carbocycles. The Balaban J connectivity index is 2.46. The van der Waals surface area contributed by atoms with E-state index in [0.717, 1.165) is 30.2 Å². The number of nitrogens with zero attached hydrogens (tertiary/aromatic N) is 1. The minimum Gasteiger partial charge on any atom is -0.343 e. The van der Waals surface area contributed by atoms with E-state index in [2.05, 4.69) is 30.5 Å². The molecular formula is C15H17NO. The Morgan fingerprint density at radius 2 is 2.06 bits per heavy atom. The summed E-state index contributed by atoms with van der Waals surface area (Å²) in [6.07, 6.45) is 3.38. The number of aryl methyl sites for hydroxylation is 1. The van der Waals surface area contributed by atoms with Crippen LogP contribution in [0.5, 0.6) is 0 Å². The van der Waals surface area contributed by atoms with Crippen molar-refractivity contribution in [3.8, 4) is 0 Å². The standard InChI is InChI=1S/C15H17NO/c1-15(2)8-5-9-16-13-7-4-3-6-11(13)12(10-17)14(15)16/h3-4,6-7,10H,5,8-9H2,1-2H3. The molecule has 0 N–H and O–H groups in total. The van der Waals surface area contributed by atoms with Gasteiger partial charge in [0.25, 0.3) is 0 Å². The summed E-state index contributed by atoms with van der Waals surface area (Å²) in [5, 5.41) is 1.10. The molecule has 1 aliphatic heterocycles. The van der Waals surface area contributed by atoms with Crippen LogP contribution in [0.3, 0.4) is 0 Å². The van der Waals surface area contributed by atoms with Crippen LogP contribution in [0.1, 0.15) is 42.7 Å². The first-order valence-corrected chi connectivity index (χ1v) is 6.22. The molecule has 3 rings (SSSR count). The quantitative estimate of drug-likeness (QED) is 0.683. The van der Waals surface area contributed by atoms with Crippen LogP contribution in [0.4, 0.5) is 0 Å². The molecule has 2 nitrogen and oxygen atoms in total. The van der Waals surface area contributed by atoms with Crippen LogP contribution in [-0.4, -0.2) is 10.9 Å². The first kappa shape index (κ1) is 10.6. The molecule has 0 bridgehead atoms. The van der Waals surface area contributed by atoms with Crippen LogP contribution in [-0.2, 0) is 12.0 Å². The lowest BCUT2D eigenvalue weighted by molar-refractivity contribution is 0.112. The van der Waals surface area contributed by atoms with Gasteiger partial charge in [0, 0.05) is 34.1 Å². The SMILES string of the molecule is CC1(C)CCCn2c1c(C=O)c1ccccc12. The Hall–Kier alpha value is -1.57. The molecule has 1 aromatic carbocycles. The molecular weight excluding hydrogens is 210 g/mol. The number of aromatic nitrogens is 1. The number of hydrogen-bond acceptors (Lipinski definition) is 1. The zero-order chi connectivity index (χ0) is 12.0. The lowest BCUT2D eigenvalue weighted by atomic mass is 9.80. The molecule has 1 aromatic heterocycles. The molecule has 0 radical (unpaired) electrons. The number of hydrogen-bond donors (Lipinski definition) is 0. The van der Waals surface area contributed by atoms with Gasteiger partial charge < -0.3 is 4.57 Å². The summed E-state index contributed by atoms with van der Waals surface area (Å²) in [5.74, 6) is 0. The Kier molecular flexibility index (Phi) is 2.15. The second kappa shape index (κ2) is 3.46. The van der Waals surface area contributed by atoms with Crippen LogP contribution in [0.2, 0.25) is 0 Å². The average Bonchev–Trinajstić information content (AvgIpc) is 2.64. The second-order valence-electron chi connectivity index (χ2n) is 5.54. The average molecular weight is 227 g/mol. The molecule has 0 unspecified atom stereocenters. The van der Waals surface area contributed by atoms with Crippen molar-refractivity contribution in [1.82, 2.24) is 4.57 Å². The van der Waals surface area contributed by atoms with E-state index in [1.165, 1.54) is 17.6 Å². The fourth-order valence-corrected chi connectivity index (χ4v) is 3.21. The monoisotopic (exact) mass is 227 g/mol. The van der Waals surface area contributed by atoms with E-state index in [1.807, 2.05) is 12.1 Å². The third-order valence-electron chi connectivity index (χ3n) is 3.95. The maximum atomic E-state index is 11.4.